The largest absolute Gasteiger partial charge is 0.496 e. The number of halogens is 3. The Kier molecular flexibility index (Phi) is 5.90. The van der Waals surface area contributed by atoms with Gasteiger partial charge in [0.25, 0.3) is 0 Å². The molecule has 0 aromatic heterocycles. The molecule has 6 rings (SSSR count). The van der Waals surface area contributed by atoms with Gasteiger partial charge in [-0.2, -0.15) is 0 Å². The van der Waals surface area contributed by atoms with Gasteiger partial charge in [-0.25, -0.2) is 4.90 Å². The Morgan fingerprint density at radius 3 is 2.35 bits per heavy atom. The molecule has 0 bridgehead atoms. The summed E-state index contributed by atoms with van der Waals surface area (Å²) in [5.41, 5.74) is 2.56. The highest BCUT2D eigenvalue weighted by atomic mass is 79.9. The lowest BCUT2D eigenvalue weighted by Gasteiger charge is -2.35. The number of ketones is 1. The monoisotopic (exact) mass is 596 g/mol. The smallest absolute Gasteiger partial charge is 0.240 e. The number of rotatable bonds is 4. The molecule has 0 unspecified atom stereocenters. The van der Waals surface area contributed by atoms with E-state index in [1.807, 2.05) is 41.4 Å². The number of fused-ring (bicyclic) bond motifs is 5. The molecule has 3 heterocycles. The summed E-state index contributed by atoms with van der Waals surface area (Å²) in [6.45, 7) is 0. The van der Waals surface area contributed by atoms with Gasteiger partial charge in [0.05, 0.1) is 35.1 Å². The number of imide groups is 1. The lowest BCUT2D eigenvalue weighted by Crippen LogP contribution is -2.44. The number of nitrogens with zero attached hydrogens (tertiary/aromatic N) is 2. The van der Waals surface area contributed by atoms with E-state index in [1.54, 1.807) is 25.3 Å². The second kappa shape index (κ2) is 9.01. The summed E-state index contributed by atoms with van der Waals surface area (Å²) in [7, 11) is 1.54. The zero-order valence-corrected chi connectivity index (χ0v) is 22.5. The van der Waals surface area contributed by atoms with Crippen LogP contribution in [0.15, 0.2) is 71.3 Å². The van der Waals surface area contributed by atoms with E-state index in [2.05, 4.69) is 15.9 Å². The summed E-state index contributed by atoms with van der Waals surface area (Å²) in [4.78, 5) is 45.0. The minimum atomic E-state index is -0.889. The average molecular weight is 598 g/mol. The molecule has 0 aliphatic carbocycles. The van der Waals surface area contributed by atoms with Gasteiger partial charge in [-0.3, -0.25) is 14.4 Å². The quantitative estimate of drug-likeness (QED) is 0.266. The maximum Gasteiger partial charge on any atom is 0.240 e. The van der Waals surface area contributed by atoms with E-state index in [0.717, 1.165) is 16.0 Å². The highest BCUT2D eigenvalue weighted by Gasteiger charge is 2.64. The van der Waals surface area contributed by atoms with Crippen LogP contribution in [0.25, 0.3) is 6.08 Å². The molecule has 9 heteroatoms. The van der Waals surface area contributed by atoms with Crippen LogP contribution in [0.5, 0.6) is 5.75 Å². The standard InChI is InChI=1S/C28H19BrCl2N2O4/c1-37-21-7-6-15(10-20(21)29)26(34)25-23-22(24-19-5-3-2-4-14(19)8-9-32(24)25)27(35)33(28(23)36)18-12-16(30)11-17(31)13-18/h2-13,22-25H,1H3/t22-,23-,24+,25-/m0/s1. The fourth-order valence-corrected chi connectivity index (χ4v) is 6.83. The first-order chi connectivity index (χ1) is 17.8. The predicted molar refractivity (Wildman–Crippen MR) is 145 cm³/mol. The summed E-state index contributed by atoms with van der Waals surface area (Å²) >= 11 is 15.8. The number of Topliss-reactive ketones (excluding diaryl/α,β-unsaturated/α-hetero) is 1. The third kappa shape index (κ3) is 3.71. The Bertz CT molecular complexity index is 1500. The number of hydrogen-bond donors (Lipinski definition) is 0. The fraction of sp³-hybridized carbons (Fsp3) is 0.179. The third-order valence-corrected chi connectivity index (χ3v) is 8.33. The van der Waals surface area contributed by atoms with Crippen LogP contribution in [0, 0.1) is 11.8 Å². The van der Waals surface area contributed by atoms with Gasteiger partial charge < -0.3 is 9.64 Å². The number of carbonyl (C=O) groups excluding carboxylic acids is 3. The third-order valence-electron chi connectivity index (χ3n) is 7.27. The molecule has 3 aliphatic rings. The maximum absolute atomic E-state index is 14.1. The molecule has 3 aromatic rings. The number of benzene rings is 3. The van der Waals surface area contributed by atoms with Gasteiger partial charge in [0.15, 0.2) is 5.78 Å². The topological polar surface area (TPSA) is 66.9 Å². The van der Waals surface area contributed by atoms with Crippen molar-refractivity contribution in [2.24, 2.45) is 11.8 Å². The molecule has 3 aromatic carbocycles. The van der Waals surface area contributed by atoms with Crippen LogP contribution in [-0.4, -0.2) is 35.6 Å². The normalized spacial score (nSPS) is 23.7. The molecule has 3 aliphatic heterocycles. The molecule has 0 radical (unpaired) electrons. The van der Waals surface area contributed by atoms with E-state index in [4.69, 9.17) is 27.9 Å². The Balaban J connectivity index is 1.49. The van der Waals surface area contributed by atoms with Crippen LogP contribution >= 0.6 is 39.1 Å². The molecular weight excluding hydrogens is 579 g/mol. The lowest BCUT2D eigenvalue weighted by molar-refractivity contribution is -0.123. The molecule has 37 heavy (non-hydrogen) atoms. The highest BCUT2D eigenvalue weighted by molar-refractivity contribution is 9.10. The van der Waals surface area contributed by atoms with Crippen LogP contribution in [-0.2, 0) is 9.59 Å². The molecule has 0 N–H and O–H groups in total. The SMILES string of the molecule is COc1ccc(C(=O)[C@@H]2[C@H]3C(=O)N(c4cc(Cl)cc(Cl)c4)C(=O)[C@@H]3[C@H]3c4ccccc4C=CN23)cc1Br. The molecule has 6 nitrogen and oxygen atoms in total. The van der Waals surface area contributed by atoms with Crippen molar-refractivity contribution in [3.63, 3.8) is 0 Å². The summed E-state index contributed by atoms with van der Waals surface area (Å²) < 4.78 is 5.93. The summed E-state index contributed by atoms with van der Waals surface area (Å²) in [6.07, 6.45) is 3.74. The van der Waals surface area contributed by atoms with Gasteiger partial charge in [0.1, 0.15) is 11.8 Å². The van der Waals surface area contributed by atoms with E-state index in [9.17, 15) is 14.4 Å². The maximum atomic E-state index is 14.1. The summed E-state index contributed by atoms with van der Waals surface area (Å²) in [6, 6.07) is 16.0. The first-order valence-electron chi connectivity index (χ1n) is 11.6. The number of hydrogen-bond acceptors (Lipinski definition) is 5. The molecule has 0 spiro atoms. The zero-order chi connectivity index (χ0) is 26.0. The summed E-state index contributed by atoms with van der Waals surface area (Å²) in [5.74, 6) is -2.13. The first kappa shape index (κ1) is 24.2. The van der Waals surface area contributed by atoms with Gasteiger partial charge in [-0.05, 0) is 69.5 Å². The highest BCUT2D eigenvalue weighted by Crippen LogP contribution is 2.54. The van der Waals surface area contributed by atoms with E-state index < -0.39 is 29.8 Å². The number of carbonyl (C=O) groups is 3. The van der Waals surface area contributed by atoms with Crippen molar-refractivity contribution in [3.05, 3.63) is 98.1 Å². The predicted octanol–water partition coefficient (Wildman–Crippen LogP) is 6.16. The Morgan fingerprint density at radius 1 is 0.946 bits per heavy atom. The minimum Gasteiger partial charge on any atom is -0.496 e. The first-order valence-corrected chi connectivity index (χ1v) is 13.1. The summed E-state index contributed by atoms with van der Waals surface area (Å²) in [5, 5.41) is 0.617. The van der Waals surface area contributed by atoms with E-state index in [-0.39, 0.29) is 11.7 Å². The number of anilines is 1. The van der Waals surface area contributed by atoms with Crippen LogP contribution in [0.4, 0.5) is 5.69 Å². The van der Waals surface area contributed by atoms with Crippen molar-refractivity contribution >= 4 is 68.5 Å². The molecule has 186 valence electrons. The van der Waals surface area contributed by atoms with E-state index in [1.165, 1.54) is 18.2 Å². The van der Waals surface area contributed by atoms with Crippen LogP contribution in [0.2, 0.25) is 10.0 Å². The van der Waals surface area contributed by atoms with Crippen molar-refractivity contribution < 1.29 is 19.1 Å². The minimum absolute atomic E-state index is 0.253. The molecule has 2 amide bonds. The van der Waals surface area contributed by atoms with Crippen molar-refractivity contribution in [2.75, 3.05) is 12.0 Å². The van der Waals surface area contributed by atoms with E-state index >= 15 is 0 Å². The van der Waals surface area contributed by atoms with Crippen molar-refractivity contribution in [3.8, 4) is 5.75 Å². The van der Waals surface area contributed by atoms with Gasteiger partial charge in [-0.15, -0.1) is 0 Å². The second-order valence-electron chi connectivity index (χ2n) is 9.19. The zero-order valence-electron chi connectivity index (χ0n) is 19.4. The molecule has 0 saturated carbocycles. The Labute approximate surface area is 231 Å². The fourth-order valence-electron chi connectivity index (χ4n) is 5.77. The molecule has 2 fully saturated rings. The van der Waals surface area contributed by atoms with Gasteiger partial charge in [0, 0.05) is 21.8 Å². The van der Waals surface area contributed by atoms with Crippen LogP contribution in [0.3, 0.4) is 0 Å². The number of ether oxygens (including phenoxy) is 1. The Hall–Kier alpha value is -3.13. The van der Waals surface area contributed by atoms with Gasteiger partial charge >= 0.3 is 0 Å². The molecule has 4 atom stereocenters. The van der Waals surface area contributed by atoms with Crippen LogP contribution in [0.1, 0.15) is 27.5 Å². The number of methoxy groups -OCH3 is 1. The molecular formula is C28H19BrCl2N2O4. The average Bonchev–Trinajstić information content (AvgIpc) is 3.35. The van der Waals surface area contributed by atoms with Crippen molar-refractivity contribution in [2.45, 2.75) is 12.1 Å². The van der Waals surface area contributed by atoms with Crippen molar-refractivity contribution in [1.29, 1.82) is 0 Å². The second-order valence-corrected chi connectivity index (χ2v) is 10.9. The van der Waals surface area contributed by atoms with Gasteiger partial charge in [-0.1, -0.05) is 47.5 Å². The molecule has 2 saturated heterocycles. The van der Waals surface area contributed by atoms with Crippen molar-refractivity contribution in [1.82, 2.24) is 4.90 Å². The Morgan fingerprint density at radius 2 is 1.65 bits per heavy atom. The van der Waals surface area contributed by atoms with Crippen LogP contribution < -0.4 is 9.64 Å². The number of amides is 2. The van der Waals surface area contributed by atoms with Gasteiger partial charge in [0.2, 0.25) is 11.8 Å². The van der Waals surface area contributed by atoms with E-state index in [0.29, 0.717) is 31.5 Å². The lowest BCUT2D eigenvalue weighted by atomic mass is 9.83.